The molecule has 0 radical (unpaired) electrons. The monoisotopic (exact) mass is 409 g/mol. The Bertz CT molecular complexity index is 864. The normalized spacial score (nSPS) is 12.4. The number of carbonyl (C=O) groups is 1. The van der Waals surface area contributed by atoms with Gasteiger partial charge in [-0.1, -0.05) is 30.7 Å². The second kappa shape index (κ2) is 9.24. The molecule has 0 bridgehead atoms. The quantitative estimate of drug-likeness (QED) is 0.602. The van der Waals surface area contributed by atoms with Crippen molar-refractivity contribution in [3.63, 3.8) is 0 Å². The average molecular weight is 410 g/mol. The van der Waals surface area contributed by atoms with Crippen molar-refractivity contribution >= 4 is 27.6 Å². The summed E-state index contributed by atoms with van der Waals surface area (Å²) >= 11 is 5.91. The van der Waals surface area contributed by atoms with E-state index in [1.54, 1.807) is 53.4 Å². The smallest absolute Gasteiger partial charge is 0.308 e. The maximum Gasteiger partial charge on any atom is 0.308 e. The summed E-state index contributed by atoms with van der Waals surface area (Å²) in [5.74, 6) is 0.0983. The van der Waals surface area contributed by atoms with Gasteiger partial charge < -0.3 is 9.08 Å². The number of nitrogens with zero attached hydrogens (tertiary/aromatic N) is 1. The lowest BCUT2D eigenvalue weighted by Crippen LogP contribution is -2.37. The van der Waals surface area contributed by atoms with Crippen LogP contribution in [0.2, 0.25) is 5.02 Å². The third-order valence-electron chi connectivity index (χ3n) is 4.33. The molecule has 0 heterocycles. The van der Waals surface area contributed by atoms with Crippen LogP contribution >= 0.6 is 11.6 Å². The van der Waals surface area contributed by atoms with Gasteiger partial charge in [-0.2, -0.15) is 8.42 Å². The summed E-state index contributed by atoms with van der Waals surface area (Å²) in [6, 6.07) is 13.6. The fourth-order valence-electron chi connectivity index (χ4n) is 2.46. The van der Waals surface area contributed by atoms with Crippen LogP contribution in [0.15, 0.2) is 48.5 Å². The first-order valence-corrected chi connectivity index (χ1v) is 10.8. The van der Waals surface area contributed by atoms with Crippen LogP contribution in [0.3, 0.4) is 0 Å². The third kappa shape index (κ3) is 5.97. The molecule has 2 rings (SSSR count). The summed E-state index contributed by atoms with van der Waals surface area (Å²) in [4.78, 5) is 14.7. The predicted octanol–water partition coefficient (Wildman–Crippen LogP) is 4.51. The Morgan fingerprint density at radius 2 is 1.67 bits per heavy atom. The lowest BCUT2D eigenvalue weighted by molar-refractivity contribution is 0.0671. The molecular formula is C20H24ClNO4S. The minimum atomic E-state index is -3.55. The fourth-order valence-corrected chi connectivity index (χ4v) is 3.11. The highest BCUT2D eigenvalue weighted by Crippen LogP contribution is 2.20. The van der Waals surface area contributed by atoms with Gasteiger partial charge >= 0.3 is 10.1 Å². The van der Waals surface area contributed by atoms with E-state index in [0.717, 1.165) is 12.0 Å². The van der Waals surface area contributed by atoms with Gasteiger partial charge in [0.1, 0.15) is 5.75 Å². The molecule has 0 N–H and O–H groups in total. The second-order valence-corrected chi connectivity index (χ2v) is 8.57. The van der Waals surface area contributed by atoms with Gasteiger partial charge in [0.15, 0.2) is 0 Å². The Morgan fingerprint density at radius 1 is 1.07 bits per heavy atom. The molecule has 0 aliphatic rings. The maximum atomic E-state index is 12.9. The zero-order chi connectivity index (χ0) is 20.0. The van der Waals surface area contributed by atoms with Gasteiger partial charge in [-0.05, 0) is 62.2 Å². The largest absolute Gasteiger partial charge is 0.382 e. The number of benzene rings is 2. The van der Waals surface area contributed by atoms with Crippen molar-refractivity contribution < 1.29 is 17.4 Å². The van der Waals surface area contributed by atoms with Crippen molar-refractivity contribution in [3.05, 3.63) is 64.7 Å². The molecule has 0 aliphatic carbocycles. The van der Waals surface area contributed by atoms with E-state index in [4.69, 9.17) is 15.8 Å². The molecule has 0 aliphatic heterocycles. The Morgan fingerprint density at radius 3 is 2.19 bits per heavy atom. The summed E-state index contributed by atoms with van der Waals surface area (Å²) < 4.78 is 28.1. The lowest BCUT2D eigenvalue weighted by atomic mass is 10.1. The van der Waals surface area contributed by atoms with Gasteiger partial charge in [0, 0.05) is 23.2 Å². The fraction of sp³-hybridized carbons (Fsp3) is 0.350. The van der Waals surface area contributed by atoms with Crippen LogP contribution in [0.5, 0.6) is 5.75 Å². The molecule has 0 saturated carbocycles. The molecular weight excluding hydrogens is 386 g/mol. The van der Waals surface area contributed by atoms with Gasteiger partial charge in [-0.3, -0.25) is 4.79 Å². The number of rotatable bonds is 8. The molecule has 7 heteroatoms. The zero-order valence-corrected chi connectivity index (χ0v) is 17.3. The molecule has 5 nitrogen and oxygen atoms in total. The first-order valence-electron chi connectivity index (χ1n) is 8.83. The van der Waals surface area contributed by atoms with Crippen LogP contribution in [0.4, 0.5) is 0 Å². The zero-order valence-electron chi connectivity index (χ0n) is 15.7. The van der Waals surface area contributed by atoms with E-state index in [1.807, 2.05) is 13.8 Å². The van der Waals surface area contributed by atoms with E-state index < -0.39 is 10.1 Å². The van der Waals surface area contributed by atoms with Crippen molar-refractivity contribution in [2.45, 2.75) is 39.8 Å². The minimum absolute atomic E-state index is 0.0459. The summed E-state index contributed by atoms with van der Waals surface area (Å²) in [6.45, 7) is 5.96. The van der Waals surface area contributed by atoms with E-state index in [1.165, 1.54) is 6.92 Å². The standard InChI is InChI=1S/C20H24ClNO4S/c1-4-15(3)22(20(23)17-8-10-18(21)11-9-17)14-16-6-12-19(13-7-16)26-27(24,25)5-2/h6-13,15H,4-5,14H2,1-3H3. The topological polar surface area (TPSA) is 63.7 Å². The van der Waals surface area contributed by atoms with Crippen molar-refractivity contribution in [3.8, 4) is 5.75 Å². The van der Waals surface area contributed by atoms with E-state index in [0.29, 0.717) is 17.1 Å². The summed E-state index contributed by atoms with van der Waals surface area (Å²) in [6.07, 6.45) is 0.815. The molecule has 2 aromatic carbocycles. The molecule has 0 saturated heterocycles. The van der Waals surface area contributed by atoms with Gasteiger partial charge in [0.05, 0.1) is 5.75 Å². The van der Waals surface area contributed by atoms with Gasteiger partial charge in [-0.25, -0.2) is 0 Å². The molecule has 1 atom stereocenters. The number of carbonyl (C=O) groups excluding carboxylic acids is 1. The SMILES string of the molecule is CCC(C)N(Cc1ccc(OS(=O)(=O)CC)cc1)C(=O)c1ccc(Cl)cc1. The van der Waals surface area contributed by atoms with Gasteiger partial charge in [-0.15, -0.1) is 0 Å². The van der Waals surface area contributed by atoms with Crippen LogP contribution in [-0.4, -0.2) is 31.0 Å². The average Bonchev–Trinajstić information content (AvgIpc) is 2.66. The van der Waals surface area contributed by atoms with Crippen LogP contribution in [0.1, 0.15) is 43.1 Å². The van der Waals surface area contributed by atoms with Crippen molar-refractivity contribution in [2.75, 3.05) is 5.75 Å². The molecule has 27 heavy (non-hydrogen) atoms. The molecule has 146 valence electrons. The predicted molar refractivity (Wildman–Crippen MR) is 108 cm³/mol. The van der Waals surface area contributed by atoms with Crippen LogP contribution in [0, 0.1) is 0 Å². The van der Waals surface area contributed by atoms with E-state index in [9.17, 15) is 13.2 Å². The highest BCUT2D eigenvalue weighted by Gasteiger charge is 2.21. The second-order valence-electron chi connectivity index (χ2n) is 6.27. The number of hydrogen-bond donors (Lipinski definition) is 0. The molecule has 0 aromatic heterocycles. The van der Waals surface area contributed by atoms with Crippen LogP contribution < -0.4 is 4.18 Å². The highest BCUT2D eigenvalue weighted by molar-refractivity contribution is 7.87. The number of amides is 1. The van der Waals surface area contributed by atoms with Gasteiger partial charge in [0.2, 0.25) is 0 Å². The van der Waals surface area contributed by atoms with E-state index in [-0.39, 0.29) is 23.5 Å². The van der Waals surface area contributed by atoms with Crippen LogP contribution in [0.25, 0.3) is 0 Å². The molecule has 1 unspecified atom stereocenters. The third-order valence-corrected chi connectivity index (χ3v) is 5.73. The first kappa shape index (κ1) is 21.3. The number of halogens is 1. The first-order chi connectivity index (χ1) is 12.8. The lowest BCUT2D eigenvalue weighted by Gasteiger charge is -2.29. The maximum absolute atomic E-state index is 12.9. The minimum Gasteiger partial charge on any atom is -0.382 e. The Kier molecular flexibility index (Phi) is 7.27. The molecule has 0 fully saturated rings. The Hall–Kier alpha value is -2.05. The van der Waals surface area contributed by atoms with Crippen LogP contribution in [-0.2, 0) is 16.7 Å². The summed E-state index contributed by atoms with van der Waals surface area (Å²) in [5, 5.41) is 0.583. The van der Waals surface area contributed by atoms with E-state index >= 15 is 0 Å². The Balaban J connectivity index is 2.18. The van der Waals surface area contributed by atoms with Crippen molar-refractivity contribution in [1.29, 1.82) is 0 Å². The molecule has 1 amide bonds. The summed E-state index contributed by atoms with van der Waals surface area (Å²) in [5.41, 5.74) is 1.47. The van der Waals surface area contributed by atoms with Crippen molar-refractivity contribution in [2.24, 2.45) is 0 Å². The van der Waals surface area contributed by atoms with Crippen molar-refractivity contribution in [1.82, 2.24) is 4.90 Å². The van der Waals surface area contributed by atoms with E-state index in [2.05, 4.69) is 0 Å². The molecule has 0 spiro atoms. The summed E-state index contributed by atoms with van der Waals surface area (Å²) in [7, 11) is -3.55. The Labute approximate surface area is 166 Å². The molecule has 2 aromatic rings. The highest BCUT2D eigenvalue weighted by atomic mass is 35.5. The van der Waals surface area contributed by atoms with Gasteiger partial charge in [0.25, 0.3) is 5.91 Å². The number of hydrogen-bond acceptors (Lipinski definition) is 4.